The highest BCUT2D eigenvalue weighted by Crippen LogP contribution is 2.38. The molecule has 0 bridgehead atoms. The van der Waals surface area contributed by atoms with Crippen molar-refractivity contribution in [1.29, 1.82) is 0 Å². The number of ether oxygens (including phenoxy) is 2. The van der Waals surface area contributed by atoms with E-state index in [9.17, 15) is 4.79 Å². The van der Waals surface area contributed by atoms with E-state index in [4.69, 9.17) is 9.47 Å². The molecule has 3 nitrogen and oxygen atoms in total. The average Bonchev–Trinajstić information content (AvgIpc) is 2.83. The monoisotopic (exact) mass is 224 g/mol. The molecule has 90 valence electrons. The van der Waals surface area contributed by atoms with E-state index in [0.717, 1.165) is 25.9 Å². The smallest absolute Gasteiger partial charge is 0.138 e. The molecule has 0 radical (unpaired) electrons. The normalized spacial score (nSPS) is 44.4. The third kappa shape index (κ3) is 2.16. The lowest BCUT2D eigenvalue weighted by Crippen LogP contribution is -2.23. The Morgan fingerprint density at radius 3 is 2.94 bits per heavy atom. The molecule has 2 saturated heterocycles. The van der Waals surface area contributed by atoms with Gasteiger partial charge in [-0.15, -0.1) is 0 Å². The minimum absolute atomic E-state index is 0.169. The van der Waals surface area contributed by atoms with Crippen molar-refractivity contribution >= 4 is 5.78 Å². The van der Waals surface area contributed by atoms with E-state index >= 15 is 0 Å². The molecule has 2 heterocycles. The fourth-order valence-electron chi connectivity index (χ4n) is 3.13. The number of fused-ring (bicyclic) bond motifs is 2. The molecule has 0 aromatic heterocycles. The molecular formula is C13H20O3. The SMILES string of the molecule is O=C1CCCCC[C@H]2O[C@@H]2C[C@@H]2COC[C@@H]12. The summed E-state index contributed by atoms with van der Waals surface area (Å²) in [6.45, 7) is 1.42. The van der Waals surface area contributed by atoms with Crippen molar-refractivity contribution in [3.05, 3.63) is 0 Å². The topological polar surface area (TPSA) is 38.8 Å². The van der Waals surface area contributed by atoms with E-state index in [2.05, 4.69) is 0 Å². The standard InChI is InChI=1S/C13H20O3/c14-11-4-2-1-3-5-12-13(16-12)6-9-7-15-8-10(9)11/h9-10,12-13H,1-8H2/t9-,10-,12-,13-/m1/s1. The zero-order valence-corrected chi connectivity index (χ0v) is 9.69. The molecule has 3 rings (SSSR count). The van der Waals surface area contributed by atoms with Gasteiger partial charge in [0.25, 0.3) is 0 Å². The lowest BCUT2D eigenvalue weighted by molar-refractivity contribution is -0.124. The van der Waals surface area contributed by atoms with Crippen molar-refractivity contribution in [3.8, 4) is 0 Å². The maximum absolute atomic E-state index is 12.0. The molecule has 3 heteroatoms. The van der Waals surface area contributed by atoms with Crippen molar-refractivity contribution in [3.63, 3.8) is 0 Å². The lowest BCUT2D eigenvalue weighted by atomic mass is 9.86. The van der Waals surface area contributed by atoms with Crippen LogP contribution in [0.25, 0.3) is 0 Å². The highest BCUT2D eigenvalue weighted by Gasteiger charge is 2.44. The van der Waals surface area contributed by atoms with Gasteiger partial charge in [0.2, 0.25) is 0 Å². The molecule has 1 aliphatic carbocycles. The van der Waals surface area contributed by atoms with Crippen molar-refractivity contribution < 1.29 is 14.3 Å². The summed E-state index contributed by atoms with van der Waals surface area (Å²) in [4.78, 5) is 12.0. The first-order chi connectivity index (χ1) is 7.84. The van der Waals surface area contributed by atoms with Crippen molar-refractivity contribution in [2.24, 2.45) is 11.8 Å². The van der Waals surface area contributed by atoms with Crippen molar-refractivity contribution in [2.75, 3.05) is 13.2 Å². The summed E-state index contributed by atoms with van der Waals surface area (Å²) >= 11 is 0. The van der Waals surface area contributed by atoms with Gasteiger partial charge in [0.1, 0.15) is 5.78 Å². The number of Topliss-reactive ketones (excluding diaryl/α,β-unsaturated/α-hetero) is 1. The zero-order valence-electron chi connectivity index (χ0n) is 9.69. The van der Waals surface area contributed by atoms with E-state index in [1.165, 1.54) is 19.3 Å². The first-order valence-corrected chi connectivity index (χ1v) is 6.60. The average molecular weight is 224 g/mol. The Kier molecular flexibility index (Phi) is 2.99. The minimum Gasteiger partial charge on any atom is -0.380 e. The first kappa shape index (κ1) is 10.7. The number of carbonyl (C=O) groups is 1. The molecule has 4 atom stereocenters. The molecule has 0 amide bonds. The predicted octanol–water partition coefficient (Wildman–Crippen LogP) is 1.94. The van der Waals surface area contributed by atoms with Crippen LogP contribution in [0.4, 0.5) is 0 Å². The summed E-state index contributed by atoms with van der Waals surface area (Å²) < 4.78 is 11.1. The Hall–Kier alpha value is -0.410. The molecule has 3 fully saturated rings. The van der Waals surface area contributed by atoms with Gasteiger partial charge in [0.15, 0.2) is 0 Å². The van der Waals surface area contributed by atoms with E-state index in [1.54, 1.807) is 0 Å². The van der Waals surface area contributed by atoms with Crippen LogP contribution < -0.4 is 0 Å². The van der Waals surface area contributed by atoms with E-state index in [0.29, 0.717) is 30.5 Å². The van der Waals surface area contributed by atoms with Crippen molar-refractivity contribution in [1.82, 2.24) is 0 Å². The van der Waals surface area contributed by atoms with Crippen LogP contribution in [0.15, 0.2) is 0 Å². The van der Waals surface area contributed by atoms with Gasteiger partial charge in [-0.2, -0.15) is 0 Å². The van der Waals surface area contributed by atoms with Crippen LogP contribution in [-0.2, 0) is 14.3 Å². The van der Waals surface area contributed by atoms with Gasteiger partial charge in [-0.3, -0.25) is 4.79 Å². The molecule has 0 aromatic carbocycles. The Bertz CT molecular complexity index is 276. The highest BCUT2D eigenvalue weighted by molar-refractivity contribution is 5.81. The van der Waals surface area contributed by atoms with Gasteiger partial charge < -0.3 is 9.47 Å². The maximum Gasteiger partial charge on any atom is 0.138 e. The summed E-state index contributed by atoms with van der Waals surface area (Å²) in [6.07, 6.45) is 7.38. The van der Waals surface area contributed by atoms with Gasteiger partial charge >= 0.3 is 0 Å². The molecule has 0 spiro atoms. The Morgan fingerprint density at radius 2 is 2.00 bits per heavy atom. The van der Waals surface area contributed by atoms with Crippen LogP contribution in [0, 0.1) is 11.8 Å². The second kappa shape index (κ2) is 4.46. The second-order valence-electron chi connectivity index (χ2n) is 5.42. The molecule has 0 unspecified atom stereocenters. The third-order valence-corrected chi connectivity index (χ3v) is 4.25. The van der Waals surface area contributed by atoms with E-state index in [-0.39, 0.29) is 5.92 Å². The Morgan fingerprint density at radius 1 is 1.06 bits per heavy atom. The first-order valence-electron chi connectivity index (χ1n) is 6.60. The lowest BCUT2D eigenvalue weighted by Gasteiger charge is -2.14. The Balaban J connectivity index is 1.67. The van der Waals surface area contributed by atoms with Gasteiger partial charge in [0.05, 0.1) is 25.4 Å². The quantitative estimate of drug-likeness (QED) is 0.590. The fraction of sp³-hybridized carbons (Fsp3) is 0.923. The molecule has 1 saturated carbocycles. The van der Waals surface area contributed by atoms with Gasteiger partial charge in [-0.25, -0.2) is 0 Å². The summed E-state index contributed by atoms with van der Waals surface area (Å²) in [7, 11) is 0. The summed E-state index contributed by atoms with van der Waals surface area (Å²) in [5, 5.41) is 0. The Labute approximate surface area is 96.5 Å². The zero-order chi connectivity index (χ0) is 11.0. The van der Waals surface area contributed by atoms with E-state index < -0.39 is 0 Å². The third-order valence-electron chi connectivity index (χ3n) is 4.25. The molecular weight excluding hydrogens is 204 g/mol. The second-order valence-corrected chi connectivity index (χ2v) is 5.42. The number of hydrogen-bond acceptors (Lipinski definition) is 3. The number of carbonyl (C=O) groups excluding carboxylic acids is 1. The predicted molar refractivity (Wildman–Crippen MR) is 59.2 cm³/mol. The molecule has 0 aromatic rings. The van der Waals surface area contributed by atoms with Crippen LogP contribution in [0.3, 0.4) is 0 Å². The summed E-state index contributed by atoms with van der Waals surface area (Å²) in [6, 6.07) is 0. The van der Waals surface area contributed by atoms with Crippen LogP contribution in [0.5, 0.6) is 0 Å². The number of hydrogen-bond donors (Lipinski definition) is 0. The van der Waals surface area contributed by atoms with Crippen LogP contribution in [0.2, 0.25) is 0 Å². The maximum atomic E-state index is 12.0. The largest absolute Gasteiger partial charge is 0.380 e. The van der Waals surface area contributed by atoms with E-state index in [1.807, 2.05) is 0 Å². The van der Waals surface area contributed by atoms with Crippen molar-refractivity contribution in [2.45, 2.75) is 50.7 Å². The van der Waals surface area contributed by atoms with Gasteiger partial charge in [-0.05, 0) is 25.2 Å². The van der Waals surface area contributed by atoms with Gasteiger partial charge in [-0.1, -0.05) is 12.8 Å². The summed E-state index contributed by atoms with van der Waals surface area (Å²) in [5.41, 5.74) is 0. The molecule has 2 aliphatic heterocycles. The number of rotatable bonds is 0. The number of epoxide rings is 1. The summed E-state index contributed by atoms with van der Waals surface area (Å²) in [5.74, 6) is 1.03. The van der Waals surface area contributed by atoms with Gasteiger partial charge in [0, 0.05) is 12.3 Å². The number of ketones is 1. The molecule has 3 aliphatic rings. The van der Waals surface area contributed by atoms with Crippen LogP contribution >= 0.6 is 0 Å². The minimum atomic E-state index is 0.169. The van der Waals surface area contributed by atoms with Crippen LogP contribution in [-0.4, -0.2) is 31.2 Å². The molecule has 16 heavy (non-hydrogen) atoms. The van der Waals surface area contributed by atoms with Crippen LogP contribution in [0.1, 0.15) is 38.5 Å². The highest BCUT2D eigenvalue weighted by atomic mass is 16.6. The fourth-order valence-corrected chi connectivity index (χ4v) is 3.13. The molecule has 0 N–H and O–H groups in total.